The summed E-state index contributed by atoms with van der Waals surface area (Å²) >= 11 is 0. The van der Waals surface area contributed by atoms with Gasteiger partial charge in [-0.15, -0.1) is 0 Å². The number of nitrogens with one attached hydrogen (secondary N) is 1. The highest BCUT2D eigenvalue weighted by Gasteiger charge is 2.53. The minimum absolute atomic E-state index is 0.00904. The Bertz CT molecular complexity index is 1510. The molecular weight excluding hydrogens is 479 g/mol. The number of halogens is 1. The molecule has 3 heterocycles. The van der Waals surface area contributed by atoms with Crippen LogP contribution in [0.5, 0.6) is 5.75 Å². The van der Waals surface area contributed by atoms with Gasteiger partial charge in [-0.1, -0.05) is 18.9 Å². The molecule has 1 aliphatic heterocycles. The zero-order valence-corrected chi connectivity index (χ0v) is 19.7. The predicted octanol–water partition coefficient (Wildman–Crippen LogP) is 1.10. The van der Waals surface area contributed by atoms with Crippen LogP contribution in [-0.4, -0.2) is 49.5 Å². The van der Waals surface area contributed by atoms with Crippen molar-refractivity contribution in [2.75, 3.05) is 5.75 Å². The summed E-state index contributed by atoms with van der Waals surface area (Å²) < 4.78 is 41.1. The number of aryl methyl sites for hydroxylation is 1. The Morgan fingerprint density at radius 3 is 2.71 bits per heavy atom. The Balaban J connectivity index is 1.50. The Labute approximate surface area is 199 Å². The molecular formula is C22H23FN6O5S. The molecule has 5 rings (SSSR count). The minimum atomic E-state index is -3.59. The zero-order valence-electron chi connectivity index (χ0n) is 18.9. The first-order valence-electron chi connectivity index (χ1n) is 11.1. The van der Waals surface area contributed by atoms with E-state index in [9.17, 15) is 27.5 Å². The van der Waals surface area contributed by atoms with Crippen molar-refractivity contribution >= 4 is 15.7 Å². The van der Waals surface area contributed by atoms with Gasteiger partial charge in [0.2, 0.25) is 5.75 Å². The molecule has 11 nitrogen and oxygen atoms in total. The van der Waals surface area contributed by atoms with E-state index in [1.807, 2.05) is 0 Å². The van der Waals surface area contributed by atoms with Crippen molar-refractivity contribution in [2.24, 2.45) is 0 Å². The summed E-state index contributed by atoms with van der Waals surface area (Å²) in [4.78, 5) is 34.2. The fraction of sp³-hybridized carbons (Fsp3) is 0.409. The van der Waals surface area contributed by atoms with E-state index in [1.54, 1.807) is 6.92 Å². The Kier molecular flexibility index (Phi) is 5.46. The van der Waals surface area contributed by atoms with Gasteiger partial charge in [-0.3, -0.25) is 14.2 Å². The molecule has 1 amide bonds. The molecule has 1 fully saturated rings. The van der Waals surface area contributed by atoms with Gasteiger partial charge in [0.15, 0.2) is 15.5 Å². The van der Waals surface area contributed by atoms with Crippen LogP contribution in [-0.2, 0) is 27.7 Å². The molecule has 2 N–H and O–H groups in total. The van der Waals surface area contributed by atoms with Gasteiger partial charge in [0.1, 0.15) is 28.5 Å². The molecule has 184 valence electrons. The van der Waals surface area contributed by atoms with Crippen LogP contribution in [0.3, 0.4) is 0 Å². The number of nitrogens with zero attached hydrogens (tertiary/aromatic N) is 5. The average Bonchev–Trinajstić information content (AvgIpc) is 3.48. The Morgan fingerprint density at radius 2 is 2.03 bits per heavy atom. The molecule has 1 aliphatic carbocycles. The average molecular weight is 503 g/mol. The second-order valence-electron chi connectivity index (χ2n) is 8.80. The maximum atomic E-state index is 13.9. The molecule has 13 heteroatoms. The van der Waals surface area contributed by atoms with Gasteiger partial charge in [0, 0.05) is 13.1 Å². The highest BCUT2D eigenvalue weighted by molar-refractivity contribution is 7.92. The standard InChI is InChI=1S/C22H23FN6O5S/c1-13-25-12-29(27-13)16-10-15(23)5-4-14(16)11-24-19(31)17-18(30)20(32)28-8-9-35(33,34)22(21(28)26-17)6-2-3-7-22/h4-5,10,12,30H,2-3,6-9,11H2,1H3,(H,24,31). The number of rotatable bonds is 4. The molecule has 1 saturated carbocycles. The van der Waals surface area contributed by atoms with Gasteiger partial charge in [-0.25, -0.2) is 27.5 Å². The Hall–Kier alpha value is -3.61. The first kappa shape index (κ1) is 23.1. The van der Waals surface area contributed by atoms with Gasteiger partial charge in [-0.05, 0) is 37.5 Å². The van der Waals surface area contributed by atoms with E-state index in [4.69, 9.17) is 0 Å². The van der Waals surface area contributed by atoms with Crippen LogP contribution in [0.4, 0.5) is 4.39 Å². The van der Waals surface area contributed by atoms with Gasteiger partial charge >= 0.3 is 0 Å². The molecule has 0 unspecified atom stereocenters. The zero-order chi connectivity index (χ0) is 25.0. The van der Waals surface area contributed by atoms with Crippen LogP contribution in [0.25, 0.3) is 5.69 Å². The third-order valence-electron chi connectivity index (χ3n) is 6.70. The summed E-state index contributed by atoms with van der Waals surface area (Å²) in [5, 5.41) is 17.2. The molecule has 2 aromatic heterocycles. The minimum Gasteiger partial charge on any atom is -0.501 e. The lowest BCUT2D eigenvalue weighted by Gasteiger charge is -2.34. The number of benzene rings is 1. The Morgan fingerprint density at radius 1 is 1.29 bits per heavy atom. The summed E-state index contributed by atoms with van der Waals surface area (Å²) in [5.74, 6) is -1.94. The highest BCUT2D eigenvalue weighted by Crippen LogP contribution is 2.47. The third kappa shape index (κ3) is 3.70. The van der Waals surface area contributed by atoms with Gasteiger partial charge in [-0.2, -0.15) is 5.10 Å². The van der Waals surface area contributed by atoms with Crippen LogP contribution < -0.4 is 10.9 Å². The molecule has 1 spiro atoms. The summed E-state index contributed by atoms with van der Waals surface area (Å²) in [6.07, 6.45) is 3.35. The maximum Gasteiger partial charge on any atom is 0.296 e. The van der Waals surface area contributed by atoms with Crippen LogP contribution in [0.2, 0.25) is 0 Å². The predicted molar refractivity (Wildman–Crippen MR) is 121 cm³/mol. The smallest absolute Gasteiger partial charge is 0.296 e. The summed E-state index contributed by atoms with van der Waals surface area (Å²) in [6.45, 7) is 1.45. The third-order valence-corrected chi connectivity index (χ3v) is 9.20. The molecule has 2 aliphatic rings. The number of carbonyl (C=O) groups excluding carboxylic acids is 1. The van der Waals surface area contributed by atoms with Crippen molar-refractivity contribution in [3.05, 3.63) is 63.6 Å². The number of hydrogen-bond donors (Lipinski definition) is 2. The summed E-state index contributed by atoms with van der Waals surface area (Å²) in [7, 11) is -3.59. The number of carbonyl (C=O) groups is 1. The maximum absolute atomic E-state index is 13.9. The SMILES string of the molecule is Cc1ncn(-c2cc(F)ccc2CNC(=O)c2nc3n(c(=O)c2O)CCS(=O)(=O)C32CCCC2)n1. The van der Waals surface area contributed by atoms with Crippen molar-refractivity contribution in [3.63, 3.8) is 0 Å². The van der Waals surface area contributed by atoms with E-state index in [0.29, 0.717) is 42.8 Å². The lowest BCUT2D eigenvalue weighted by atomic mass is 10.1. The molecule has 0 atom stereocenters. The molecule has 3 aromatic rings. The van der Waals surface area contributed by atoms with Gasteiger partial charge in [0.25, 0.3) is 11.5 Å². The lowest BCUT2D eigenvalue weighted by Crippen LogP contribution is -2.48. The largest absolute Gasteiger partial charge is 0.501 e. The molecule has 0 bridgehead atoms. The van der Waals surface area contributed by atoms with Gasteiger partial charge in [0.05, 0.1) is 11.4 Å². The molecule has 0 saturated heterocycles. The van der Waals surface area contributed by atoms with Crippen LogP contribution >= 0.6 is 0 Å². The topological polar surface area (TPSA) is 149 Å². The van der Waals surface area contributed by atoms with E-state index < -0.39 is 43.3 Å². The molecule has 35 heavy (non-hydrogen) atoms. The second kappa shape index (κ2) is 8.26. The fourth-order valence-corrected chi connectivity index (χ4v) is 7.06. The molecule has 1 aromatic carbocycles. The van der Waals surface area contributed by atoms with Gasteiger partial charge < -0.3 is 10.4 Å². The van der Waals surface area contributed by atoms with E-state index in [2.05, 4.69) is 20.4 Å². The summed E-state index contributed by atoms with van der Waals surface area (Å²) in [6, 6.07) is 3.94. The number of fused-ring (bicyclic) bond motifs is 2. The fourth-order valence-electron chi connectivity index (χ4n) is 4.91. The number of amides is 1. The highest BCUT2D eigenvalue weighted by atomic mass is 32.2. The van der Waals surface area contributed by atoms with Crippen molar-refractivity contribution in [1.82, 2.24) is 29.6 Å². The van der Waals surface area contributed by atoms with Crippen molar-refractivity contribution in [3.8, 4) is 11.4 Å². The van der Waals surface area contributed by atoms with Crippen molar-refractivity contribution < 1.29 is 22.7 Å². The van der Waals surface area contributed by atoms with E-state index in [0.717, 1.165) is 0 Å². The van der Waals surface area contributed by atoms with E-state index in [1.165, 1.54) is 33.8 Å². The first-order valence-corrected chi connectivity index (χ1v) is 12.8. The molecule has 0 radical (unpaired) electrons. The number of sulfone groups is 1. The number of aromatic hydroxyl groups is 1. The number of aromatic nitrogens is 5. The van der Waals surface area contributed by atoms with E-state index >= 15 is 0 Å². The van der Waals surface area contributed by atoms with Crippen molar-refractivity contribution in [1.29, 1.82) is 0 Å². The van der Waals surface area contributed by atoms with Crippen LogP contribution in [0.15, 0.2) is 29.3 Å². The normalized spacial score (nSPS) is 17.9. The lowest BCUT2D eigenvalue weighted by molar-refractivity contribution is 0.0941. The monoisotopic (exact) mass is 502 g/mol. The summed E-state index contributed by atoms with van der Waals surface area (Å²) in [5.41, 5.74) is -0.537. The number of hydrogen-bond acceptors (Lipinski definition) is 8. The van der Waals surface area contributed by atoms with Crippen LogP contribution in [0, 0.1) is 12.7 Å². The first-order chi connectivity index (χ1) is 16.6. The van der Waals surface area contributed by atoms with Crippen LogP contribution in [0.1, 0.15) is 53.4 Å². The van der Waals surface area contributed by atoms with Crippen molar-refractivity contribution in [2.45, 2.75) is 50.4 Å². The quantitative estimate of drug-likeness (QED) is 0.539. The second-order valence-corrected chi connectivity index (χ2v) is 11.2. The van der Waals surface area contributed by atoms with E-state index in [-0.39, 0.29) is 24.7 Å².